The Morgan fingerprint density at radius 1 is 1.22 bits per heavy atom. The Morgan fingerprint density at radius 3 is 2.47 bits per heavy atom. The third kappa shape index (κ3) is 6.44. The van der Waals surface area contributed by atoms with E-state index in [2.05, 4.69) is 15.0 Å². The third-order valence-corrected chi connectivity index (χ3v) is 6.90. The first-order chi connectivity index (χ1) is 16.9. The molecule has 2 fully saturated rings. The molecule has 2 aliphatic rings. The number of amides is 1. The van der Waals surface area contributed by atoms with Crippen LogP contribution in [0.15, 0.2) is 11.4 Å². The van der Waals surface area contributed by atoms with Crippen LogP contribution in [0.2, 0.25) is 0 Å². The van der Waals surface area contributed by atoms with Crippen LogP contribution in [0.25, 0.3) is 10.8 Å². The van der Waals surface area contributed by atoms with Gasteiger partial charge in [0.25, 0.3) is 0 Å². The van der Waals surface area contributed by atoms with Crippen molar-refractivity contribution in [1.82, 2.24) is 15.0 Å². The second-order valence-electron chi connectivity index (χ2n) is 10.1. The Hall–Kier alpha value is -2.47. The van der Waals surface area contributed by atoms with Gasteiger partial charge in [0.15, 0.2) is 10.8 Å². The highest BCUT2D eigenvalue weighted by Crippen LogP contribution is 2.38. The molecule has 0 spiro atoms. The number of hydrogen-bond donors (Lipinski definition) is 0. The van der Waals surface area contributed by atoms with E-state index in [1.165, 1.54) is 23.2 Å². The number of halogens is 3. The zero-order valence-corrected chi connectivity index (χ0v) is 21.8. The Labute approximate surface area is 212 Å². The van der Waals surface area contributed by atoms with Crippen LogP contribution in [0, 0.1) is 0 Å². The van der Waals surface area contributed by atoms with Gasteiger partial charge < -0.3 is 14.4 Å². The van der Waals surface area contributed by atoms with Gasteiger partial charge >= 0.3 is 6.09 Å². The van der Waals surface area contributed by atoms with Gasteiger partial charge in [-0.1, -0.05) is 0 Å². The number of alkyl halides is 3. The molecule has 1 atom stereocenters. The molecule has 0 bridgehead atoms. The molecule has 1 saturated carbocycles. The van der Waals surface area contributed by atoms with Crippen molar-refractivity contribution in [3.05, 3.63) is 17.1 Å². The van der Waals surface area contributed by atoms with Gasteiger partial charge in [-0.2, -0.15) is 0 Å². The number of aromatic nitrogens is 3. The number of carbonyl (C=O) groups excluding carboxylic acids is 1. The number of hydrogen-bond acceptors (Lipinski definition) is 8. The number of carbonyl (C=O) groups is 1. The van der Waals surface area contributed by atoms with Crippen LogP contribution >= 0.6 is 11.3 Å². The number of ether oxygens (including phenoxy) is 2. The molecule has 4 rings (SSSR count). The molecular weight excluding hydrogens is 495 g/mol. The Kier molecular flexibility index (Phi) is 7.75. The minimum atomic E-state index is -2.76. The topological polar surface area (TPSA) is 80.7 Å². The van der Waals surface area contributed by atoms with Crippen molar-refractivity contribution in [2.45, 2.75) is 77.1 Å². The lowest BCUT2D eigenvalue weighted by atomic mass is 9.91. The minimum absolute atomic E-state index is 0.110. The SMILES string of the molecule is CC(F)c1csc(-c2nc(N3CCOCC3)cc(N(C(=O)OC(C)(C)C)C3CCC(F)(F)CC3)n2)n1. The molecule has 198 valence electrons. The second-order valence-corrected chi connectivity index (χ2v) is 11.0. The summed E-state index contributed by atoms with van der Waals surface area (Å²) in [4.78, 5) is 30.4. The van der Waals surface area contributed by atoms with Gasteiger partial charge in [0.2, 0.25) is 5.92 Å². The lowest BCUT2D eigenvalue weighted by Crippen LogP contribution is -2.47. The first-order valence-corrected chi connectivity index (χ1v) is 13.0. The van der Waals surface area contributed by atoms with Crippen LogP contribution in [0.1, 0.15) is 65.2 Å². The van der Waals surface area contributed by atoms with Crippen molar-refractivity contribution < 1.29 is 27.4 Å². The molecule has 1 aliphatic heterocycles. The van der Waals surface area contributed by atoms with Gasteiger partial charge in [-0.05, 0) is 40.5 Å². The Balaban J connectivity index is 1.78. The van der Waals surface area contributed by atoms with Crippen LogP contribution in [-0.2, 0) is 9.47 Å². The monoisotopic (exact) mass is 527 g/mol. The number of thiazole rings is 1. The van der Waals surface area contributed by atoms with E-state index in [9.17, 15) is 18.0 Å². The van der Waals surface area contributed by atoms with Crippen molar-refractivity contribution >= 4 is 29.1 Å². The first kappa shape index (κ1) is 26.6. The minimum Gasteiger partial charge on any atom is -0.443 e. The average Bonchev–Trinajstić information content (AvgIpc) is 3.30. The summed E-state index contributed by atoms with van der Waals surface area (Å²) in [6.07, 6.45) is -2.34. The van der Waals surface area contributed by atoms with Crippen molar-refractivity contribution in [2.75, 3.05) is 36.1 Å². The summed E-state index contributed by atoms with van der Waals surface area (Å²) in [6.45, 7) is 8.85. The van der Waals surface area contributed by atoms with E-state index in [0.717, 1.165) is 0 Å². The van der Waals surface area contributed by atoms with E-state index in [1.54, 1.807) is 32.2 Å². The van der Waals surface area contributed by atoms with Crippen LogP contribution < -0.4 is 9.80 Å². The molecule has 8 nitrogen and oxygen atoms in total. The van der Waals surface area contributed by atoms with Gasteiger partial charge in [-0.15, -0.1) is 11.3 Å². The fourth-order valence-corrected chi connectivity index (χ4v) is 5.02. The maximum atomic E-state index is 14.0. The first-order valence-electron chi connectivity index (χ1n) is 12.1. The van der Waals surface area contributed by atoms with Crippen LogP contribution in [0.3, 0.4) is 0 Å². The molecule has 1 unspecified atom stereocenters. The van der Waals surface area contributed by atoms with Crippen molar-refractivity contribution in [2.24, 2.45) is 0 Å². The van der Waals surface area contributed by atoms with Gasteiger partial charge in [0.1, 0.15) is 23.4 Å². The maximum Gasteiger partial charge on any atom is 0.416 e. The number of nitrogens with zero attached hydrogens (tertiary/aromatic N) is 5. The summed E-state index contributed by atoms with van der Waals surface area (Å²) in [5.41, 5.74) is -0.520. The molecule has 0 N–H and O–H groups in total. The molecule has 3 heterocycles. The van der Waals surface area contributed by atoms with Crippen LogP contribution in [0.5, 0.6) is 0 Å². The van der Waals surface area contributed by atoms with Gasteiger partial charge in [0.05, 0.1) is 18.9 Å². The van der Waals surface area contributed by atoms with Gasteiger partial charge in [-0.3, -0.25) is 4.90 Å². The normalized spacial score (nSPS) is 19.7. The molecular formula is C24H32F3N5O3S. The number of morpholine rings is 1. The molecule has 0 aromatic carbocycles. The average molecular weight is 528 g/mol. The molecule has 1 aliphatic carbocycles. The van der Waals surface area contributed by atoms with Crippen molar-refractivity contribution in [3.63, 3.8) is 0 Å². The third-order valence-electron chi connectivity index (χ3n) is 6.04. The summed E-state index contributed by atoms with van der Waals surface area (Å²) in [6, 6.07) is 1.16. The highest BCUT2D eigenvalue weighted by Gasteiger charge is 2.40. The van der Waals surface area contributed by atoms with E-state index in [4.69, 9.17) is 9.47 Å². The van der Waals surface area contributed by atoms with Gasteiger partial charge in [-0.25, -0.2) is 32.9 Å². The molecule has 0 radical (unpaired) electrons. The van der Waals surface area contributed by atoms with E-state index in [1.807, 2.05) is 4.90 Å². The van der Waals surface area contributed by atoms with E-state index in [-0.39, 0.29) is 43.0 Å². The summed E-state index contributed by atoms with van der Waals surface area (Å²) in [5, 5.41) is 2.02. The predicted molar refractivity (Wildman–Crippen MR) is 132 cm³/mol. The number of anilines is 2. The Bertz CT molecular complexity index is 1060. The number of rotatable bonds is 5. The molecule has 12 heteroatoms. The smallest absolute Gasteiger partial charge is 0.416 e. The Morgan fingerprint density at radius 2 is 1.89 bits per heavy atom. The van der Waals surface area contributed by atoms with Crippen molar-refractivity contribution in [1.29, 1.82) is 0 Å². The maximum absolute atomic E-state index is 14.0. The largest absolute Gasteiger partial charge is 0.443 e. The van der Waals surface area contributed by atoms with Gasteiger partial charge in [0, 0.05) is 43.4 Å². The van der Waals surface area contributed by atoms with E-state index < -0.39 is 29.8 Å². The fraction of sp³-hybridized carbons (Fsp3) is 0.667. The van der Waals surface area contributed by atoms with Crippen molar-refractivity contribution in [3.8, 4) is 10.8 Å². The lowest BCUT2D eigenvalue weighted by Gasteiger charge is -2.37. The van der Waals surface area contributed by atoms with Crippen LogP contribution in [-0.4, -0.2) is 64.9 Å². The highest BCUT2D eigenvalue weighted by molar-refractivity contribution is 7.13. The predicted octanol–water partition coefficient (Wildman–Crippen LogP) is 5.79. The lowest BCUT2D eigenvalue weighted by molar-refractivity contribution is -0.0388. The molecule has 1 amide bonds. The summed E-state index contributed by atoms with van der Waals surface area (Å²) in [7, 11) is 0. The fourth-order valence-electron chi connectivity index (χ4n) is 4.19. The zero-order valence-electron chi connectivity index (χ0n) is 21.0. The van der Waals surface area contributed by atoms with E-state index in [0.29, 0.717) is 37.1 Å². The molecule has 36 heavy (non-hydrogen) atoms. The highest BCUT2D eigenvalue weighted by atomic mass is 32.1. The standard InChI is InChI=1S/C24H32F3N5O3S/c1-15(25)17-14-36-21(28-17)20-29-18(31-9-11-34-12-10-31)13-19(30-20)32(22(33)35-23(2,3)4)16-5-7-24(26,27)8-6-16/h13-16H,5-12H2,1-4H3. The molecule has 2 aromatic rings. The zero-order chi connectivity index (χ0) is 26.1. The summed E-state index contributed by atoms with van der Waals surface area (Å²) >= 11 is 1.21. The molecule has 2 aromatic heterocycles. The summed E-state index contributed by atoms with van der Waals surface area (Å²) < 4.78 is 52.9. The van der Waals surface area contributed by atoms with E-state index >= 15 is 0 Å². The quantitative estimate of drug-likeness (QED) is 0.487. The molecule has 1 saturated heterocycles. The summed E-state index contributed by atoms with van der Waals surface area (Å²) in [5.74, 6) is -1.72. The second kappa shape index (κ2) is 10.5. The van der Waals surface area contributed by atoms with Crippen LogP contribution in [0.4, 0.5) is 29.6 Å².